The molecule has 108 valence electrons. The van der Waals surface area contributed by atoms with Gasteiger partial charge in [0.25, 0.3) is 0 Å². The molecule has 0 spiro atoms. The Bertz CT molecular complexity index is 266. The van der Waals surface area contributed by atoms with E-state index in [2.05, 4.69) is 0 Å². The topological polar surface area (TPSA) is 219 Å². The van der Waals surface area contributed by atoms with Crippen LogP contribution in [0.2, 0.25) is 0 Å². The maximum Gasteiger partial charge on any atom is 0.335 e. The summed E-state index contributed by atoms with van der Waals surface area (Å²) in [6.07, 6.45) is -3.91. The van der Waals surface area contributed by atoms with Crippen molar-refractivity contribution < 1.29 is 34.8 Å². The molecule has 1 amide bonds. The van der Waals surface area contributed by atoms with Crippen LogP contribution in [-0.4, -0.2) is 56.5 Å². The first-order valence-electron chi connectivity index (χ1n) is 4.51. The van der Waals surface area contributed by atoms with E-state index in [0.29, 0.717) is 6.42 Å². The van der Waals surface area contributed by atoms with Crippen molar-refractivity contribution in [2.75, 3.05) is 0 Å². The van der Waals surface area contributed by atoms with E-state index in [4.69, 9.17) is 31.9 Å². The van der Waals surface area contributed by atoms with E-state index in [9.17, 15) is 14.4 Å². The van der Waals surface area contributed by atoms with Gasteiger partial charge >= 0.3 is 11.9 Å². The third-order valence-electron chi connectivity index (χ3n) is 1.61. The molecule has 0 fully saturated rings. The van der Waals surface area contributed by atoms with Gasteiger partial charge in [-0.2, -0.15) is 0 Å². The van der Waals surface area contributed by atoms with Gasteiger partial charge in [0.2, 0.25) is 5.91 Å². The second-order valence-electron chi connectivity index (χ2n) is 2.98. The maximum absolute atomic E-state index is 10.0. The first-order chi connectivity index (χ1) is 7.64. The third kappa shape index (κ3) is 9.47. The maximum atomic E-state index is 10.0. The van der Waals surface area contributed by atoms with Crippen molar-refractivity contribution >= 4 is 17.8 Å². The summed E-state index contributed by atoms with van der Waals surface area (Å²) < 4.78 is 0. The van der Waals surface area contributed by atoms with Crippen LogP contribution in [-0.2, 0) is 14.4 Å². The van der Waals surface area contributed by atoms with E-state index in [-0.39, 0.29) is 6.15 Å². The minimum absolute atomic E-state index is 0. The van der Waals surface area contributed by atoms with Crippen LogP contribution >= 0.6 is 0 Å². The zero-order chi connectivity index (χ0) is 14.2. The highest BCUT2D eigenvalue weighted by atomic mass is 16.4. The summed E-state index contributed by atoms with van der Waals surface area (Å²) in [7, 11) is 0. The second kappa shape index (κ2) is 10.4. The number of aliphatic hydroxyl groups excluding tert-OH is 2. The van der Waals surface area contributed by atoms with Gasteiger partial charge in [0.05, 0.1) is 6.04 Å². The van der Waals surface area contributed by atoms with E-state index >= 15 is 0 Å². The van der Waals surface area contributed by atoms with Gasteiger partial charge in [-0.05, 0) is 6.42 Å². The number of primary amides is 1. The van der Waals surface area contributed by atoms with E-state index in [0.717, 1.165) is 0 Å². The van der Waals surface area contributed by atoms with Gasteiger partial charge in [0.1, 0.15) is 0 Å². The number of nitrogens with two attached hydrogens (primary N) is 2. The normalized spacial score (nSPS) is 14.0. The lowest BCUT2D eigenvalue weighted by molar-refractivity contribution is -0.165. The molecule has 0 aromatic carbocycles. The fraction of sp³-hybridized carbons (Fsp3) is 0.625. The molecule has 0 aliphatic carbocycles. The van der Waals surface area contributed by atoms with Gasteiger partial charge in [-0.25, -0.2) is 9.59 Å². The van der Waals surface area contributed by atoms with Crippen LogP contribution in [0.4, 0.5) is 0 Å². The summed E-state index contributed by atoms with van der Waals surface area (Å²) in [4.78, 5) is 29.6. The zero-order valence-electron chi connectivity index (χ0n) is 9.81. The van der Waals surface area contributed by atoms with Gasteiger partial charge in [-0.3, -0.25) is 4.79 Å². The summed E-state index contributed by atoms with van der Waals surface area (Å²) in [5.74, 6) is -3.97. The lowest BCUT2D eigenvalue weighted by atomic mass is 10.2. The molecule has 0 bridgehead atoms. The molecule has 11 N–H and O–H groups in total. The molecule has 0 aliphatic heterocycles. The number of aliphatic hydroxyl groups is 2. The molecule has 0 aromatic heterocycles. The number of rotatable bonds is 5. The quantitative estimate of drug-likeness (QED) is 0.274. The Kier molecular flexibility index (Phi) is 12.4. The predicted octanol–water partition coefficient (Wildman–Crippen LogP) is -2.75. The lowest BCUT2D eigenvalue weighted by Crippen LogP contribution is -2.39. The second-order valence-corrected chi connectivity index (χ2v) is 2.98. The standard InChI is InChI=1S/C4H10N2O.C4H6O6.H3N/c1-2-3(5)4(6)7;5-1(3(7)8)2(6)4(9)10;/h3H,2,5H2,1H3,(H2,6,7);1-2,5-6H,(H,7,8)(H,9,10);1H3/t3-;;/m0../s1. The van der Waals surface area contributed by atoms with Gasteiger partial charge in [0.15, 0.2) is 12.2 Å². The SMILES string of the molecule is CC[C@H](N)C(N)=O.N.O=C(O)C(O)C(O)C(=O)O. The highest BCUT2D eigenvalue weighted by Gasteiger charge is 2.29. The van der Waals surface area contributed by atoms with Crippen molar-refractivity contribution in [2.24, 2.45) is 11.5 Å². The molecular formula is C8H19N3O7. The molecule has 0 rings (SSSR count). The summed E-state index contributed by atoms with van der Waals surface area (Å²) in [5.41, 5.74) is 9.92. The fourth-order valence-corrected chi connectivity index (χ4v) is 0.471. The molecule has 10 nitrogen and oxygen atoms in total. The molecule has 2 unspecified atom stereocenters. The Balaban J connectivity index is -0.000000251. The predicted molar refractivity (Wildman–Crippen MR) is 59.8 cm³/mol. The lowest BCUT2D eigenvalue weighted by Gasteiger charge is -2.07. The van der Waals surface area contributed by atoms with Crippen LogP contribution in [0, 0.1) is 0 Å². The van der Waals surface area contributed by atoms with Gasteiger partial charge in [-0.15, -0.1) is 0 Å². The molecule has 0 heterocycles. The van der Waals surface area contributed by atoms with Crippen LogP contribution in [0.25, 0.3) is 0 Å². The van der Waals surface area contributed by atoms with Crippen molar-refractivity contribution in [1.29, 1.82) is 0 Å². The molecule has 0 saturated carbocycles. The van der Waals surface area contributed by atoms with Crippen LogP contribution in [0.3, 0.4) is 0 Å². The Morgan fingerprint density at radius 3 is 1.39 bits per heavy atom. The third-order valence-corrected chi connectivity index (χ3v) is 1.61. The monoisotopic (exact) mass is 269 g/mol. The van der Waals surface area contributed by atoms with Crippen molar-refractivity contribution in [2.45, 2.75) is 31.6 Å². The first kappa shape index (κ1) is 21.5. The number of carboxylic acid groups (broad SMARTS) is 2. The number of carbonyl (C=O) groups excluding carboxylic acids is 1. The van der Waals surface area contributed by atoms with E-state index in [1.165, 1.54) is 0 Å². The van der Waals surface area contributed by atoms with E-state index in [1.807, 2.05) is 6.92 Å². The molecule has 3 atom stereocenters. The minimum atomic E-state index is -2.27. The molecule has 0 radical (unpaired) electrons. The smallest absolute Gasteiger partial charge is 0.335 e. The summed E-state index contributed by atoms with van der Waals surface area (Å²) in [6, 6.07) is -0.458. The van der Waals surface area contributed by atoms with Gasteiger partial charge in [-0.1, -0.05) is 6.92 Å². The molecular weight excluding hydrogens is 250 g/mol. The molecule has 0 aromatic rings. The summed E-state index contributed by atoms with van der Waals surface area (Å²) in [5, 5.41) is 32.5. The summed E-state index contributed by atoms with van der Waals surface area (Å²) >= 11 is 0. The molecule has 10 heteroatoms. The van der Waals surface area contributed by atoms with Crippen LogP contribution in [0.5, 0.6) is 0 Å². The van der Waals surface area contributed by atoms with E-state index < -0.39 is 36.1 Å². The number of hydrogen-bond donors (Lipinski definition) is 7. The Labute approximate surface area is 103 Å². The van der Waals surface area contributed by atoms with Gasteiger partial charge in [0, 0.05) is 0 Å². The van der Waals surface area contributed by atoms with Crippen LogP contribution in [0.1, 0.15) is 13.3 Å². The van der Waals surface area contributed by atoms with Crippen molar-refractivity contribution in [3.63, 3.8) is 0 Å². The fourth-order valence-electron chi connectivity index (χ4n) is 0.471. The number of amides is 1. The Hall–Kier alpha value is -1.75. The number of aliphatic carboxylic acids is 2. The largest absolute Gasteiger partial charge is 0.479 e. The average Bonchev–Trinajstić information content (AvgIpc) is 2.26. The highest BCUT2D eigenvalue weighted by molar-refractivity contribution is 5.83. The Morgan fingerprint density at radius 1 is 1.06 bits per heavy atom. The minimum Gasteiger partial charge on any atom is -0.479 e. The van der Waals surface area contributed by atoms with Crippen molar-refractivity contribution in [3.8, 4) is 0 Å². The van der Waals surface area contributed by atoms with Crippen molar-refractivity contribution in [1.82, 2.24) is 6.15 Å². The van der Waals surface area contributed by atoms with Gasteiger partial charge < -0.3 is 38.0 Å². The average molecular weight is 269 g/mol. The van der Waals surface area contributed by atoms with Crippen molar-refractivity contribution in [3.05, 3.63) is 0 Å². The molecule has 18 heavy (non-hydrogen) atoms. The Morgan fingerprint density at radius 2 is 1.33 bits per heavy atom. The highest BCUT2D eigenvalue weighted by Crippen LogP contribution is 1.92. The number of carbonyl (C=O) groups is 3. The molecule has 0 aliphatic rings. The first-order valence-corrected chi connectivity index (χ1v) is 4.51. The van der Waals surface area contributed by atoms with Crippen LogP contribution < -0.4 is 17.6 Å². The van der Waals surface area contributed by atoms with Crippen LogP contribution in [0.15, 0.2) is 0 Å². The number of hydrogen-bond acceptors (Lipinski definition) is 7. The summed E-state index contributed by atoms with van der Waals surface area (Å²) in [6.45, 7) is 1.81. The molecule has 0 saturated heterocycles. The zero-order valence-corrected chi connectivity index (χ0v) is 9.81. The number of carboxylic acids is 2. The van der Waals surface area contributed by atoms with E-state index in [1.54, 1.807) is 0 Å².